The van der Waals surface area contributed by atoms with Crippen molar-refractivity contribution in [1.82, 2.24) is 0 Å². The molecular weight excluding hydrogens is 280 g/mol. The number of halogens is 5. The van der Waals surface area contributed by atoms with Crippen molar-refractivity contribution >= 4 is 29.0 Å². The third-order valence-corrected chi connectivity index (χ3v) is 2.57. The van der Waals surface area contributed by atoms with Crippen LogP contribution in [0.15, 0.2) is 12.1 Å². The number of carbonyl (C=O) groups excluding carboxylic acids is 1. The van der Waals surface area contributed by atoms with Gasteiger partial charge in [0.05, 0.1) is 23.6 Å². The lowest BCUT2D eigenvalue weighted by Crippen LogP contribution is -2.10. The first-order valence-electron chi connectivity index (χ1n) is 4.35. The molecule has 1 rings (SSSR count). The lowest BCUT2D eigenvalue weighted by molar-refractivity contribution is -0.138. The molecule has 0 heterocycles. The van der Waals surface area contributed by atoms with E-state index in [1.807, 2.05) is 0 Å². The molecule has 0 radical (unpaired) electrons. The number of alkyl halides is 4. The molecule has 0 aromatic heterocycles. The number of ether oxygens (including phenoxy) is 1. The van der Waals surface area contributed by atoms with Gasteiger partial charge in [-0.25, -0.2) is 0 Å². The van der Waals surface area contributed by atoms with E-state index in [0.717, 1.165) is 13.2 Å². The van der Waals surface area contributed by atoms with Gasteiger partial charge in [-0.05, 0) is 12.1 Å². The van der Waals surface area contributed by atoms with Gasteiger partial charge in [0.25, 0.3) is 0 Å². The van der Waals surface area contributed by atoms with Crippen LogP contribution >= 0.6 is 23.2 Å². The van der Waals surface area contributed by atoms with E-state index in [2.05, 4.69) is 4.74 Å². The molecule has 0 aliphatic carbocycles. The molecule has 0 unspecified atom stereocenters. The van der Waals surface area contributed by atoms with Crippen molar-refractivity contribution in [1.29, 1.82) is 0 Å². The highest BCUT2D eigenvalue weighted by atomic mass is 35.5. The molecule has 0 aliphatic rings. The molecule has 0 bridgehead atoms. The second-order valence-electron chi connectivity index (χ2n) is 3.09. The van der Waals surface area contributed by atoms with E-state index >= 15 is 0 Å². The SMILES string of the molecule is COc1cc(C(=O)CCl)c(Cl)cc1C(F)(F)F. The predicted octanol–water partition coefficient (Wildman–Crippen LogP) is 3.79. The highest BCUT2D eigenvalue weighted by Crippen LogP contribution is 2.39. The highest BCUT2D eigenvalue weighted by molar-refractivity contribution is 6.37. The molecule has 94 valence electrons. The molecule has 0 fully saturated rings. The van der Waals surface area contributed by atoms with Gasteiger partial charge in [-0.1, -0.05) is 11.6 Å². The Labute approximate surface area is 105 Å². The van der Waals surface area contributed by atoms with Gasteiger partial charge in [-0.3, -0.25) is 4.79 Å². The molecule has 0 aliphatic heterocycles. The molecule has 2 nitrogen and oxygen atoms in total. The number of hydrogen-bond donors (Lipinski definition) is 0. The summed E-state index contributed by atoms with van der Waals surface area (Å²) in [5.41, 5.74) is -1.12. The van der Waals surface area contributed by atoms with Crippen LogP contribution in [0.1, 0.15) is 15.9 Å². The van der Waals surface area contributed by atoms with Crippen LogP contribution in [-0.2, 0) is 6.18 Å². The Morgan fingerprint density at radius 2 is 2.00 bits per heavy atom. The topological polar surface area (TPSA) is 26.3 Å². The van der Waals surface area contributed by atoms with E-state index in [4.69, 9.17) is 23.2 Å². The van der Waals surface area contributed by atoms with Crippen molar-refractivity contribution in [2.75, 3.05) is 13.0 Å². The maximum atomic E-state index is 12.6. The van der Waals surface area contributed by atoms with E-state index in [-0.39, 0.29) is 16.5 Å². The molecule has 7 heteroatoms. The summed E-state index contributed by atoms with van der Waals surface area (Å²) < 4.78 is 42.3. The van der Waals surface area contributed by atoms with E-state index in [1.54, 1.807) is 0 Å². The fraction of sp³-hybridized carbons (Fsp3) is 0.300. The number of hydrogen-bond acceptors (Lipinski definition) is 2. The van der Waals surface area contributed by atoms with Gasteiger partial charge in [0, 0.05) is 5.56 Å². The number of methoxy groups -OCH3 is 1. The van der Waals surface area contributed by atoms with Crippen LogP contribution in [0.25, 0.3) is 0 Å². The predicted molar refractivity (Wildman–Crippen MR) is 58.1 cm³/mol. The summed E-state index contributed by atoms with van der Waals surface area (Å²) in [5, 5.41) is -0.302. The third-order valence-electron chi connectivity index (χ3n) is 2.02. The standard InChI is InChI=1S/C10H7Cl2F3O2/c1-17-9-2-5(8(16)4-11)7(12)3-6(9)10(13,14)15/h2-3H,4H2,1H3. The van der Waals surface area contributed by atoms with Crippen molar-refractivity contribution in [3.05, 3.63) is 28.3 Å². The van der Waals surface area contributed by atoms with Gasteiger partial charge >= 0.3 is 6.18 Å². The van der Waals surface area contributed by atoms with Crippen LogP contribution in [0.3, 0.4) is 0 Å². The summed E-state index contributed by atoms with van der Waals surface area (Å²) in [6.45, 7) is 0. The molecule has 1 aromatic carbocycles. The Balaban J connectivity index is 3.40. The molecule has 0 N–H and O–H groups in total. The zero-order valence-electron chi connectivity index (χ0n) is 8.57. The van der Waals surface area contributed by atoms with Crippen LogP contribution in [0.4, 0.5) is 13.2 Å². The van der Waals surface area contributed by atoms with E-state index in [1.165, 1.54) is 0 Å². The molecule has 0 atom stereocenters. The van der Waals surface area contributed by atoms with Gasteiger partial charge < -0.3 is 4.74 Å². The fourth-order valence-electron chi connectivity index (χ4n) is 1.23. The number of Topliss-reactive ketones (excluding diaryl/α,β-unsaturated/α-hetero) is 1. The zero-order chi connectivity index (χ0) is 13.2. The average Bonchev–Trinajstić information content (AvgIpc) is 2.26. The molecule has 0 spiro atoms. The van der Waals surface area contributed by atoms with Gasteiger partial charge in [-0.2, -0.15) is 13.2 Å². The normalized spacial score (nSPS) is 11.4. The number of benzene rings is 1. The minimum absolute atomic E-state index is 0.0912. The molecule has 1 aromatic rings. The fourth-order valence-corrected chi connectivity index (χ4v) is 1.64. The van der Waals surface area contributed by atoms with Gasteiger partial charge in [0.15, 0.2) is 5.78 Å². The van der Waals surface area contributed by atoms with Crippen LogP contribution in [0.5, 0.6) is 5.75 Å². The van der Waals surface area contributed by atoms with Gasteiger partial charge in [-0.15, -0.1) is 11.6 Å². The van der Waals surface area contributed by atoms with Crippen LogP contribution in [-0.4, -0.2) is 18.8 Å². The number of carbonyl (C=O) groups is 1. The second-order valence-corrected chi connectivity index (χ2v) is 3.76. The molecule has 0 saturated carbocycles. The maximum Gasteiger partial charge on any atom is 0.420 e. The first-order valence-corrected chi connectivity index (χ1v) is 5.26. The van der Waals surface area contributed by atoms with E-state index in [0.29, 0.717) is 6.07 Å². The second kappa shape index (κ2) is 5.14. The molecule has 17 heavy (non-hydrogen) atoms. The first kappa shape index (κ1) is 14.1. The van der Waals surface area contributed by atoms with E-state index < -0.39 is 23.3 Å². The van der Waals surface area contributed by atoms with Crippen LogP contribution in [0.2, 0.25) is 5.02 Å². The monoisotopic (exact) mass is 286 g/mol. The number of ketones is 1. The Kier molecular flexibility index (Phi) is 4.27. The summed E-state index contributed by atoms with van der Waals surface area (Å²) in [6, 6.07) is 1.59. The molecular formula is C10H7Cl2F3O2. The third kappa shape index (κ3) is 3.04. The molecule has 0 saturated heterocycles. The zero-order valence-corrected chi connectivity index (χ0v) is 10.1. The van der Waals surface area contributed by atoms with Crippen molar-refractivity contribution in [3.63, 3.8) is 0 Å². The summed E-state index contributed by atoms with van der Waals surface area (Å²) >= 11 is 10.9. The lowest BCUT2D eigenvalue weighted by atomic mass is 10.1. The van der Waals surface area contributed by atoms with Crippen molar-refractivity contribution in [2.45, 2.75) is 6.18 Å². The summed E-state index contributed by atoms with van der Waals surface area (Å²) in [4.78, 5) is 11.3. The summed E-state index contributed by atoms with van der Waals surface area (Å²) in [7, 11) is 1.08. The Bertz CT molecular complexity index is 444. The van der Waals surface area contributed by atoms with Crippen LogP contribution in [0, 0.1) is 0 Å². The average molecular weight is 287 g/mol. The van der Waals surface area contributed by atoms with Crippen LogP contribution < -0.4 is 4.74 Å². The van der Waals surface area contributed by atoms with Crippen molar-refractivity contribution in [2.24, 2.45) is 0 Å². The largest absolute Gasteiger partial charge is 0.496 e. The minimum Gasteiger partial charge on any atom is -0.496 e. The van der Waals surface area contributed by atoms with Gasteiger partial charge in [0.1, 0.15) is 5.75 Å². The maximum absolute atomic E-state index is 12.6. The highest BCUT2D eigenvalue weighted by Gasteiger charge is 2.35. The van der Waals surface area contributed by atoms with Crippen molar-refractivity contribution < 1.29 is 22.7 Å². The Morgan fingerprint density at radius 1 is 1.41 bits per heavy atom. The summed E-state index contributed by atoms with van der Waals surface area (Å²) in [5.74, 6) is -1.40. The number of rotatable bonds is 3. The summed E-state index contributed by atoms with van der Waals surface area (Å²) in [6.07, 6.45) is -4.60. The first-order chi connectivity index (χ1) is 7.81. The van der Waals surface area contributed by atoms with Crippen molar-refractivity contribution in [3.8, 4) is 5.75 Å². The Hall–Kier alpha value is -0.940. The molecule has 0 amide bonds. The quantitative estimate of drug-likeness (QED) is 0.624. The smallest absolute Gasteiger partial charge is 0.420 e. The lowest BCUT2D eigenvalue weighted by Gasteiger charge is -2.14. The van der Waals surface area contributed by atoms with Gasteiger partial charge in [0.2, 0.25) is 0 Å². The minimum atomic E-state index is -4.60. The Morgan fingerprint density at radius 3 is 2.41 bits per heavy atom. The van der Waals surface area contributed by atoms with E-state index in [9.17, 15) is 18.0 Å².